The maximum Gasteiger partial charge on any atom is 0.335 e. The number of benzene rings is 2. The highest BCUT2D eigenvalue weighted by Crippen LogP contribution is 2.36. The van der Waals surface area contributed by atoms with Gasteiger partial charge in [-0.15, -0.1) is 0 Å². The highest BCUT2D eigenvalue weighted by molar-refractivity contribution is 5.87. The fourth-order valence-corrected chi connectivity index (χ4v) is 1.56. The van der Waals surface area contributed by atoms with Gasteiger partial charge in [-0.1, -0.05) is 18.2 Å². The van der Waals surface area contributed by atoms with Crippen LogP contribution in [-0.4, -0.2) is 36.7 Å². The summed E-state index contributed by atoms with van der Waals surface area (Å²) in [5.74, 6) is -0.533. The molecule has 2 N–H and O–H groups in total. The van der Waals surface area contributed by atoms with Crippen molar-refractivity contribution in [1.29, 1.82) is 0 Å². The van der Waals surface area contributed by atoms with Crippen LogP contribution >= 0.6 is 0 Å². The van der Waals surface area contributed by atoms with Crippen LogP contribution in [0.2, 0.25) is 0 Å². The molecule has 0 saturated carbocycles. The highest BCUT2D eigenvalue weighted by atomic mass is 16.5. The summed E-state index contributed by atoms with van der Waals surface area (Å²) < 4.78 is 9.68. The lowest BCUT2D eigenvalue weighted by Gasteiger charge is -2.08. The van der Waals surface area contributed by atoms with E-state index in [1.807, 2.05) is 0 Å². The largest absolute Gasteiger partial charge is 0.502 e. The molecule has 0 aliphatic carbocycles. The Bertz CT molecular complexity index is 611. The van der Waals surface area contributed by atoms with Crippen molar-refractivity contribution in [2.24, 2.45) is 0 Å². The van der Waals surface area contributed by atoms with Crippen LogP contribution in [0.25, 0.3) is 0 Å². The predicted octanol–water partition coefficient (Wildman–Crippen LogP) is 2.61. The number of methoxy groups -OCH3 is 2. The van der Waals surface area contributed by atoms with Crippen LogP contribution in [0.4, 0.5) is 0 Å². The molecule has 2 aromatic carbocycles. The number of phenolic OH excluding ortho intramolecular Hbond substituents is 1. The molecule has 0 unspecified atom stereocenters. The molecule has 0 aliphatic heterocycles. The van der Waals surface area contributed by atoms with E-state index >= 15 is 0 Å². The van der Waals surface area contributed by atoms with E-state index in [0.717, 1.165) is 0 Å². The first-order valence-electron chi connectivity index (χ1n) is 6.22. The van der Waals surface area contributed by atoms with Crippen molar-refractivity contribution in [2.75, 3.05) is 14.2 Å². The molecule has 0 bridgehead atoms. The second-order valence-corrected chi connectivity index (χ2v) is 4.06. The van der Waals surface area contributed by atoms with Gasteiger partial charge in [0.25, 0.3) is 0 Å². The number of carbonyl (C=O) groups excluding carboxylic acids is 1. The van der Waals surface area contributed by atoms with Gasteiger partial charge in [-0.2, -0.15) is 0 Å². The number of ether oxygens (including phenoxy) is 2. The summed E-state index contributed by atoms with van der Waals surface area (Å²) in [7, 11) is 2.81. The monoisotopic (exact) mass is 304 g/mol. The van der Waals surface area contributed by atoms with E-state index in [-0.39, 0.29) is 17.2 Å². The fraction of sp³-hybridized carbons (Fsp3) is 0.125. The number of carboxylic acids is 1. The van der Waals surface area contributed by atoms with Crippen molar-refractivity contribution in [2.45, 2.75) is 0 Å². The Morgan fingerprint density at radius 1 is 1.05 bits per heavy atom. The SMILES string of the molecule is COc1cc(C=O)cc(OC)c1O.O=C(O)c1ccccc1. The maximum atomic E-state index is 10.5. The molecule has 0 heterocycles. The van der Waals surface area contributed by atoms with E-state index in [4.69, 9.17) is 14.6 Å². The zero-order valence-electron chi connectivity index (χ0n) is 12.1. The summed E-state index contributed by atoms with van der Waals surface area (Å²) in [5, 5.41) is 17.8. The molecule has 0 radical (unpaired) electrons. The molecule has 0 saturated heterocycles. The van der Waals surface area contributed by atoms with Crippen LogP contribution in [0.3, 0.4) is 0 Å². The number of hydrogen-bond acceptors (Lipinski definition) is 5. The van der Waals surface area contributed by atoms with Gasteiger partial charge in [0.15, 0.2) is 11.5 Å². The molecule has 116 valence electrons. The first kappa shape index (κ1) is 17.0. The van der Waals surface area contributed by atoms with E-state index in [9.17, 15) is 14.7 Å². The lowest BCUT2D eigenvalue weighted by atomic mass is 10.2. The number of hydrogen-bond donors (Lipinski definition) is 2. The summed E-state index contributed by atoms with van der Waals surface area (Å²) in [6.07, 6.45) is 0.657. The van der Waals surface area contributed by atoms with E-state index < -0.39 is 5.97 Å². The number of carboxylic acid groups (broad SMARTS) is 1. The van der Waals surface area contributed by atoms with Crippen LogP contribution in [0.15, 0.2) is 42.5 Å². The van der Waals surface area contributed by atoms with Crippen LogP contribution in [0.1, 0.15) is 20.7 Å². The first-order valence-corrected chi connectivity index (χ1v) is 6.22. The van der Waals surface area contributed by atoms with Gasteiger partial charge in [-0.25, -0.2) is 4.79 Å². The minimum atomic E-state index is -0.879. The quantitative estimate of drug-likeness (QED) is 0.843. The molecule has 0 aromatic heterocycles. The maximum absolute atomic E-state index is 10.5. The van der Waals surface area contributed by atoms with Gasteiger partial charge in [0, 0.05) is 5.56 Å². The summed E-state index contributed by atoms with van der Waals surface area (Å²) in [4.78, 5) is 20.7. The summed E-state index contributed by atoms with van der Waals surface area (Å²) in [6, 6.07) is 11.2. The van der Waals surface area contributed by atoms with Gasteiger partial charge in [-0.3, -0.25) is 4.79 Å². The lowest BCUT2D eigenvalue weighted by Crippen LogP contribution is -1.93. The van der Waals surface area contributed by atoms with Gasteiger partial charge in [0.2, 0.25) is 5.75 Å². The summed E-state index contributed by atoms with van der Waals surface area (Å²) in [6.45, 7) is 0. The number of aromatic carboxylic acids is 1. The minimum Gasteiger partial charge on any atom is -0.502 e. The lowest BCUT2D eigenvalue weighted by molar-refractivity contribution is 0.0696. The molecule has 22 heavy (non-hydrogen) atoms. The van der Waals surface area contributed by atoms with E-state index in [0.29, 0.717) is 17.4 Å². The van der Waals surface area contributed by atoms with Crippen molar-refractivity contribution < 1.29 is 29.3 Å². The van der Waals surface area contributed by atoms with Crippen LogP contribution in [-0.2, 0) is 0 Å². The van der Waals surface area contributed by atoms with Gasteiger partial charge in [0.05, 0.1) is 19.8 Å². The first-order chi connectivity index (χ1) is 10.5. The van der Waals surface area contributed by atoms with E-state index in [1.54, 1.807) is 30.3 Å². The Morgan fingerprint density at radius 3 is 1.86 bits per heavy atom. The summed E-state index contributed by atoms with van der Waals surface area (Å²) in [5.41, 5.74) is 0.726. The summed E-state index contributed by atoms with van der Waals surface area (Å²) >= 11 is 0. The van der Waals surface area contributed by atoms with Crippen molar-refractivity contribution in [1.82, 2.24) is 0 Å². The Kier molecular flexibility index (Phi) is 6.43. The predicted molar refractivity (Wildman–Crippen MR) is 80.0 cm³/mol. The molecule has 6 heteroatoms. The zero-order chi connectivity index (χ0) is 16.5. The normalized spacial score (nSPS) is 9.18. The topological polar surface area (TPSA) is 93.1 Å². The van der Waals surface area contributed by atoms with E-state index in [2.05, 4.69) is 0 Å². The average molecular weight is 304 g/mol. The number of rotatable bonds is 4. The van der Waals surface area contributed by atoms with Crippen molar-refractivity contribution in [3.63, 3.8) is 0 Å². The smallest absolute Gasteiger partial charge is 0.335 e. The van der Waals surface area contributed by atoms with Gasteiger partial charge < -0.3 is 19.7 Å². The standard InChI is InChI=1S/C9H10O4.C7H6O2/c1-12-7-3-6(5-10)4-8(13-2)9(7)11;8-7(9)6-4-2-1-3-5-6/h3-5,11H,1-2H3;1-5H,(H,8,9). The van der Waals surface area contributed by atoms with Crippen molar-refractivity contribution in [3.05, 3.63) is 53.6 Å². The molecule has 0 fully saturated rings. The average Bonchev–Trinajstić information content (AvgIpc) is 2.56. The molecule has 0 spiro atoms. The van der Waals surface area contributed by atoms with Crippen molar-refractivity contribution in [3.8, 4) is 17.2 Å². The fourth-order valence-electron chi connectivity index (χ4n) is 1.56. The van der Waals surface area contributed by atoms with Crippen LogP contribution < -0.4 is 9.47 Å². The van der Waals surface area contributed by atoms with Crippen molar-refractivity contribution >= 4 is 12.3 Å². The Morgan fingerprint density at radius 2 is 1.55 bits per heavy atom. The zero-order valence-corrected chi connectivity index (χ0v) is 12.1. The molecule has 6 nitrogen and oxygen atoms in total. The molecule has 2 rings (SSSR count). The Hall–Kier alpha value is -3.02. The molecule has 0 atom stereocenters. The number of phenols is 1. The highest BCUT2D eigenvalue weighted by Gasteiger charge is 2.10. The van der Waals surface area contributed by atoms with Crippen LogP contribution in [0.5, 0.6) is 17.2 Å². The van der Waals surface area contributed by atoms with Gasteiger partial charge >= 0.3 is 5.97 Å². The second kappa shape index (κ2) is 8.31. The third kappa shape index (κ3) is 4.52. The molecular formula is C16H16O6. The Labute approximate surface area is 127 Å². The molecular weight excluding hydrogens is 288 g/mol. The number of carbonyl (C=O) groups is 2. The van der Waals surface area contributed by atoms with Gasteiger partial charge in [-0.05, 0) is 24.3 Å². The molecule has 0 aliphatic rings. The third-order valence-corrected chi connectivity index (χ3v) is 2.66. The van der Waals surface area contributed by atoms with Crippen LogP contribution in [0, 0.1) is 0 Å². The minimum absolute atomic E-state index is 0.101. The number of aldehydes is 1. The molecule has 2 aromatic rings. The molecule has 0 amide bonds. The second-order valence-electron chi connectivity index (χ2n) is 4.06. The van der Waals surface area contributed by atoms with E-state index in [1.165, 1.54) is 26.4 Å². The number of aromatic hydroxyl groups is 1. The third-order valence-electron chi connectivity index (χ3n) is 2.66. The Balaban J connectivity index is 0.000000235. The van der Waals surface area contributed by atoms with Gasteiger partial charge in [0.1, 0.15) is 6.29 Å².